The van der Waals surface area contributed by atoms with Gasteiger partial charge in [0, 0.05) is 56.6 Å². The third kappa shape index (κ3) is 8.27. The van der Waals surface area contributed by atoms with Crippen LogP contribution in [0, 0.1) is 24.7 Å². The average Bonchev–Trinajstić information content (AvgIpc) is 3.99. The summed E-state index contributed by atoms with van der Waals surface area (Å²) in [6, 6.07) is 25.6. The van der Waals surface area contributed by atoms with Gasteiger partial charge in [0.25, 0.3) is 0 Å². The molecule has 0 saturated heterocycles. The standard InChI is InChI=1S/C48H48N8.C8H11O4P.Al/c1-45(2,3)25-13-17-29-33(21-25)41-49-37(29)54-42-35-23-27(47(7,8)9)15-19-31(35)39(51-42)56-44-36-24-28(48(10,11)12)16-20-32(36)40(52-44)55-43-34-22-26(46(4,5)6)14-18-30(34)38(50-43)53-41;1-3-5-7-11-13(9,10)12-8-6-4-2;/h13-24H,1-12H3;1-2H,5-8H2,(H,9,10);/q-2;;+3/p-1. The molecule has 14 heteroatoms. The maximum atomic E-state index is 15.6. The molecule has 0 N–H and O–H groups in total. The van der Waals surface area contributed by atoms with E-state index in [-0.39, 0.29) is 47.7 Å². The van der Waals surface area contributed by atoms with Crippen molar-refractivity contribution in [3.63, 3.8) is 0 Å². The summed E-state index contributed by atoms with van der Waals surface area (Å²) >= 11 is -3.75. The third-order valence-corrected chi connectivity index (χ3v) is 18.0. The Hall–Kier alpha value is -6.00. The second-order valence-electron chi connectivity index (χ2n) is 22.5. The highest BCUT2D eigenvalue weighted by atomic mass is 31.2. The van der Waals surface area contributed by atoms with E-state index >= 15 is 4.57 Å². The Labute approximate surface area is 415 Å². The number of rotatable bonds is 8. The Morgan fingerprint density at radius 2 is 0.886 bits per heavy atom. The minimum absolute atomic E-state index is 0.0978. The molecule has 70 heavy (non-hydrogen) atoms. The van der Waals surface area contributed by atoms with E-state index in [0.29, 0.717) is 46.0 Å². The molecule has 0 fully saturated rings. The summed E-state index contributed by atoms with van der Waals surface area (Å²) in [5, 5.41) is 3.15. The van der Waals surface area contributed by atoms with E-state index in [1.54, 1.807) is 0 Å². The topological polar surface area (TPSA) is 129 Å². The first-order valence-electron chi connectivity index (χ1n) is 23.9. The Bertz CT molecular complexity index is 3620. The van der Waals surface area contributed by atoms with Crippen molar-refractivity contribution in [2.75, 3.05) is 13.2 Å². The number of amidine groups is 4. The number of phosphoric acid groups is 1. The molecule has 0 atom stereocenters. The van der Waals surface area contributed by atoms with E-state index < -0.39 is 22.7 Å². The largest absolute Gasteiger partial charge is 0.818 e. The fourth-order valence-corrected chi connectivity index (χ4v) is 13.9. The van der Waals surface area contributed by atoms with Gasteiger partial charge >= 0.3 is 22.7 Å². The number of hydrogen-bond acceptors (Lipinski definition) is 10. The van der Waals surface area contributed by atoms with Crippen molar-refractivity contribution >= 4 is 79.3 Å². The second kappa shape index (κ2) is 16.8. The van der Waals surface area contributed by atoms with Crippen molar-refractivity contribution in [2.24, 2.45) is 30.0 Å². The van der Waals surface area contributed by atoms with Gasteiger partial charge in [-0.1, -0.05) is 132 Å². The van der Waals surface area contributed by atoms with Crippen molar-refractivity contribution in [3.05, 3.63) is 128 Å². The van der Waals surface area contributed by atoms with Gasteiger partial charge in [0.1, 0.15) is 22.6 Å². The maximum Gasteiger partial charge on any atom is 0.818 e. The number of nitrogens with zero attached hydrogens (tertiary/aromatic N) is 8. The van der Waals surface area contributed by atoms with Gasteiger partial charge in [-0.15, -0.1) is 24.7 Å². The lowest BCUT2D eigenvalue weighted by Gasteiger charge is -2.24. The van der Waals surface area contributed by atoms with Gasteiger partial charge in [0.05, 0.1) is 13.2 Å². The molecule has 0 saturated carbocycles. The molecule has 0 amide bonds. The van der Waals surface area contributed by atoms with Crippen LogP contribution in [0.4, 0.5) is 11.6 Å². The molecule has 6 heterocycles. The lowest BCUT2D eigenvalue weighted by atomic mass is 9.85. The quantitative estimate of drug-likeness (QED) is 0.0651. The summed E-state index contributed by atoms with van der Waals surface area (Å²) in [5.74, 6) is 8.08. The van der Waals surface area contributed by atoms with Gasteiger partial charge < -0.3 is 10.7 Å². The highest BCUT2D eigenvalue weighted by Gasteiger charge is 2.48. The minimum Gasteiger partial charge on any atom is -0.373 e. The highest BCUT2D eigenvalue weighted by molar-refractivity contribution is 7.49. The molecule has 12 nitrogen and oxygen atoms in total. The minimum atomic E-state index is -4.54. The monoisotopic (exact) mass is 964 g/mol. The van der Waals surface area contributed by atoms with Gasteiger partial charge in [0.15, 0.2) is 23.3 Å². The van der Waals surface area contributed by atoms with Crippen molar-refractivity contribution < 1.29 is 17.2 Å². The predicted octanol–water partition coefficient (Wildman–Crippen LogP) is 11.3. The molecule has 4 aliphatic heterocycles. The van der Waals surface area contributed by atoms with Crippen LogP contribution in [0.15, 0.2) is 103 Å². The normalized spacial score (nSPS) is 15.3. The summed E-state index contributed by atoms with van der Waals surface area (Å²) in [5.41, 5.74) is 7.88. The fourth-order valence-electron chi connectivity index (χ4n) is 9.20. The third-order valence-electron chi connectivity index (χ3n) is 13.3. The van der Waals surface area contributed by atoms with Gasteiger partial charge in [-0.05, 0) is 68.2 Å². The van der Waals surface area contributed by atoms with Gasteiger partial charge in [0.2, 0.25) is 0 Å². The Balaban J connectivity index is 1.45. The van der Waals surface area contributed by atoms with E-state index in [1.807, 2.05) is 7.10 Å². The first-order valence-corrected chi connectivity index (χ1v) is 26.8. The molecule has 4 aromatic carbocycles. The summed E-state index contributed by atoms with van der Waals surface area (Å²) < 4.78 is 39.2. The zero-order valence-corrected chi connectivity index (χ0v) is 44.2. The van der Waals surface area contributed by atoms with Crippen LogP contribution in [0.5, 0.6) is 0 Å². The summed E-state index contributed by atoms with van der Waals surface area (Å²) in [6.07, 6.45) is 11.8. The molecule has 10 rings (SSSR count). The number of benzene rings is 4. The van der Waals surface area contributed by atoms with E-state index in [2.05, 4.69) is 168 Å². The molecule has 2 aromatic heterocycles. The van der Waals surface area contributed by atoms with Crippen LogP contribution in [0.2, 0.25) is 0 Å². The molecule has 0 spiro atoms. The lowest BCUT2D eigenvalue weighted by Crippen LogP contribution is -2.48. The van der Waals surface area contributed by atoms with Crippen LogP contribution in [0.25, 0.3) is 21.5 Å². The van der Waals surface area contributed by atoms with Crippen LogP contribution >= 0.6 is 7.82 Å². The Morgan fingerprint density at radius 3 is 1.39 bits per heavy atom. The predicted molar refractivity (Wildman–Crippen MR) is 283 cm³/mol. The molecule has 4 aliphatic rings. The van der Waals surface area contributed by atoms with Crippen molar-refractivity contribution in [2.45, 2.75) is 118 Å². The van der Waals surface area contributed by atoms with Crippen LogP contribution in [-0.2, 0) is 38.8 Å². The van der Waals surface area contributed by atoms with Crippen molar-refractivity contribution in [1.29, 1.82) is 0 Å². The summed E-state index contributed by atoms with van der Waals surface area (Å²) in [4.78, 5) is 33.0. The number of hydrogen-bond donors (Lipinski definition) is 0. The molecule has 6 bridgehead atoms. The summed E-state index contributed by atoms with van der Waals surface area (Å²) in [7, 11) is -4.54. The molecule has 354 valence electrons. The van der Waals surface area contributed by atoms with Crippen molar-refractivity contribution in [1.82, 2.24) is 7.10 Å². The van der Waals surface area contributed by atoms with E-state index in [9.17, 15) is 0 Å². The molecular weight excluding hydrogens is 907 g/mol. The molecule has 6 aromatic rings. The molecule has 0 radical (unpaired) electrons. The lowest BCUT2D eigenvalue weighted by molar-refractivity contribution is 0.158. The van der Waals surface area contributed by atoms with Crippen molar-refractivity contribution in [3.8, 4) is 24.7 Å². The highest BCUT2D eigenvalue weighted by Crippen LogP contribution is 2.52. The smallest absolute Gasteiger partial charge is 0.373 e. The first-order chi connectivity index (χ1) is 33.0. The zero-order valence-electron chi connectivity index (χ0n) is 42.1. The van der Waals surface area contributed by atoms with Crippen LogP contribution in [0.3, 0.4) is 0 Å². The van der Waals surface area contributed by atoms with E-state index in [4.69, 9.17) is 55.4 Å². The van der Waals surface area contributed by atoms with Gasteiger partial charge in [-0.3, -0.25) is 9.05 Å². The number of aromatic nitrogens is 2. The second-order valence-corrected chi connectivity index (χ2v) is 26.4. The number of terminal acetylenes is 2. The Kier molecular flexibility index (Phi) is 11.5. The van der Waals surface area contributed by atoms with Gasteiger partial charge in [-0.2, -0.15) is 0 Å². The van der Waals surface area contributed by atoms with Crippen LogP contribution < -0.4 is 11.0 Å². The van der Waals surface area contributed by atoms with E-state index in [0.717, 1.165) is 66.1 Å². The zero-order chi connectivity index (χ0) is 49.9. The molecule has 0 aliphatic carbocycles. The van der Waals surface area contributed by atoms with Crippen LogP contribution in [-0.4, -0.2) is 58.6 Å². The Morgan fingerprint density at radius 1 is 0.486 bits per heavy atom. The first kappa shape index (κ1) is 47.7. The average molecular weight is 965 g/mol. The number of aliphatic imine (C=N–C) groups is 4. The van der Waals surface area contributed by atoms with Gasteiger partial charge in [-0.25, -0.2) is 34.5 Å². The molecule has 0 unspecified atom stereocenters. The van der Waals surface area contributed by atoms with Crippen LogP contribution in [0.1, 0.15) is 140 Å². The van der Waals surface area contributed by atoms with E-state index in [1.165, 1.54) is 0 Å². The maximum absolute atomic E-state index is 15.6. The summed E-state index contributed by atoms with van der Waals surface area (Å²) in [6.45, 7) is 26.1. The molecular formula is C56H58AlN8O4P. The SMILES string of the molecule is C#CCCOP(=O)(OCCC#C)[O][Al]1[n]2c3c4cc(C(C)(C)C)ccc4c2N=C2N=C(N=c4c5cc(C(C)(C)C)ccc5c([n]41)=NC1=NC(=N3)c3ccc(C(C)(C)C)cc31)c1ccc(C(C)(C)C)cc12. The number of phosphoric ester groups is 1. The fraction of sp³-hybridized carbons (Fsp3) is 0.357. The number of fused-ring (bicyclic) bond motifs is 14.